The standard InChI is InChI=1S/C27H28N4O3/c1-18-28-22(19-7-5-4-6-8-19)16-25(29-18)30-11-13-31(14-12-30)26(33)20-9-10-24-21(15-20)23(32)17-27(2,3)34-24/h4-10,15-16H,11-14,17H2,1-3H3. The average molecular weight is 457 g/mol. The van der Waals surface area contributed by atoms with Crippen LogP contribution < -0.4 is 9.64 Å². The molecular weight excluding hydrogens is 428 g/mol. The van der Waals surface area contributed by atoms with E-state index < -0.39 is 5.60 Å². The molecule has 0 unspecified atom stereocenters. The highest BCUT2D eigenvalue weighted by molar-refractivity contribution is 6.03. The number of fused-ring (bicyclic) bond motifs is 1. The Hall–Kier alpha value is -3.74. The minimum atomic E-state index is -0.522. The first-order valence-corrected chi connectivity index (χ1v) is 11.6. The first-order valence-electron chi connectivity index (χ1n) is 11.6. The second kappa shape index (κ2) is 8.56. The van der Waals surface area contributed by atoms with Crippen molar-refractivity contribution in [3.05, 3.63) is 71.5 Å². The molecule has 0 spiro atoms. The van der Waals surface area contributed by atoms with Crippen molar-refractivity contribution in [1.82, 2.24) is 14.9 Å². The van der Waals surface area contributed by atoms with Gasteiger partial charge in [0.05, 0.1) is 17.7 Å². The van der Waals surface area contributed by atoms with Crippen LogP contribution in [0.5, 0.6) is 5.75 Å². The van der Waals surface area contributed by atoms with E-state index in [-0.39, 0.29) is 11.7 Å². The molecule has 1 saturated heterocycles. The van der Waals surface area contributed by atoms with Gasteiger partial charge in [-0.05, 0) is 39.0 Å². The van der Waals surface area contributed by atoms with Crippen LogP contribution >= 0.6 is 0 Å². The van der Waals surface area contributed by atoms with E-state index >= 15 is 0 Å². The number of benzene rings is 2. The third-order valence-corrected chi connectivity index (χ3v) is 6.28. The molecule has 2 aromatic carbocycles. The van der Waals surface area contributed by atoms with Crippen molar-refractivity contribution in [2.75, 3.05) is 31.1 Å². The molecule has 0 saturated carbocycles. The second-order valence-corrected chi connectivity index (χ2v) is 9.48. The first kappa shape index (κ1) is 22.1. The molecule has 1 fully saturated rings. The maximum absolute atomic E-state index is 13.2. The summed E-state index contributed by atoms with van der Waals surface area (Å²) < 4.78 is 5.92. The molecule has 34 heavy (non-hydrogen) atoms. The van der Waals surface area contributed by atoms with E-state index in [1.807, 2.05) is 62.1 Å². The SMILES string of the molecule is Cc1nc(-c2ccccc2)cc(N2CCN(C(=O)c3ccc4c(c3)C(=O)CC(C)(C)O4)CC2)n1. The highest BCUT2D eigenvalue weighted by atomic mass is 16.5. The molecule has 3 aromatic rings. The summed E-state index contributed by atoms with van der Waals surface area (Å²) in [5.41, 5.74) is 2.44. The first-order chi connectivity index (χ1) is 16.3. The molecule has 2 aliphatic rings. The Labute approximate surface area is 199 Å². The number of carbonyl (C=O) groups excluding carboxylic acids is 2. The van der Waals surface area contributed by atoms with Gasteiger partial charge in [0.2, 0.25) is 0 Å². The van der Waals surface area contributed by atoms with Gasteiger partial charge in [-0.15, -0.1) is 0 Å². The minimum absolute atomic E-state index is 0.0130. The third-order valence-electron chi connectivity index (χ3n) is 6.28. The number of ether oxygens (including phenoxy) is 1. The molecular formula is C27H28N4O3. The maximum Gasteiger partial charge on any atom is 0.254 e. The number of anilines is 1. The number of piperazine rings is 1. The molecule has 1 amide bonds. The summed E-state index contributed by atoms with van der Waals surface area (Å²) in [7, 11) is 0. The monoisotopic (exact) mass is 456 g/mol. The fourth-order valence-electron chi connectivity index (χ4n) is 4.58. The number of rotatable bonds is 3. The summed E-state index contributed by atoms with van der Waals surface area (Å²) >= 11 is 0. The smallest absolute Gasteiger partial charge is 0.254 e. The van der Waals surface area contributed by atoms with Crippen LogP contribution in [-0.2, 0) is 0 Å². The molecule has 1 aromatic heterocycles. The van der Waals surface area contributed by atoms with Crippen LogP contribution in [0, 0.1) is 6.92 Å². The number of hydrogen-bond acceptors (Lipinski definition) is 6. The van der Waals surface area contributed by atoms with Gasteiger partial charge in [-0.2, -0.15) is 0 Å². The van der Waals surface area contributed by atoms with E-state index in [1.165, 1.54) is 0 Å². The molecule has 2 aliphatic heterocycles. The predicted molar refractivity (Wildman–Crippen MR) is 130 cm³/mol. The zero-order valence-electron chi connectivity index (χ0n) is 19.7. The highest BCUT2D eigenvalue weighted by Crippen LogP contribution is 2.34. The summed E-state index contributed by atoms with van der Waals surface area (Å²) in [5, 5.41) is 0. The van der Waals surface area contributed by atoms with Crippen LogP contribution in [0.25, 0.3) is 11.3 Å². The number of carbonyl (C=O) groups is 2. The summed E-state index contributed by atoms with van der Waals surface area (Å²) in [6, 6.07) is 17.2. The van der Waals surface area contributed by atoms with Gasteiger partial charge in [0.25, 0.3) is 5.91 Å². The third kappa shape index (κ3) is 4.38. The summed E-state index contributed by atoms with van der Waals surface area (Å²) in [4.78, 5) is 39.0. The Morgan fingerprint density at radius 3 is 2.44 bits per heavy atom. The molecule has 7 heteroatoms. The fraction of sp³-hybridized carbons (Fsp3) is 0.333. The Morgan fingerprint density at radius 2 is 1.71 bits per heavy atom. The summed E-state index contributed by atoms with van der Waals surface area (Å²) in [5.74, 6) is 2.09. The fourth-order valence-corrected chi connectivity index (χ4v) is 4.58. The van der Waals surface area contributed by atoms with Gasteiger partial charge in [0.15, 0.2) is 5.78 Å². The van der Waals surface area contributed by atoms with Crippen LogP contribution in [0.15, 0.2) is 54.6 Å². The van der Waals surface area contributed by atoms with Crippen molar-refractivity contribution >= 4 is 17.5 Å². The number of ketones is 1. The van der Waals surface area contributed by atoms with Crippen molar-refractivity contribution in [2.45, 2.75) is 32.8 Å². The molecule has 0 aliphatic carbocycles. The largest absolute Gasteiger partial charge is 0.487 e. The number of nitrogens with zero attached hydrogens (tertiary/aromatic N) is 4. The number of amides is 1. The lowest BCUT2D eigenvalue weighted by atomic mass is 9.92. The van der Waals surface area contributed by atoms with Crippen molar-refractivity contribution in [3.8, 4) is 17.0 Å². The Kier molecular flexibility index (Phi) is 5.55. The Morgan fingerprint density at radius 1 is 0.971 bits per heavy atom. The lowest BCUT2D eigenvalue weighted by Gasteiger charge is -2.36. The molecule has 0 radical (unpaired) electrons. The van der Waals surface area contributed by atoms with Gasteiger partial charge >= 0.3 is 0 Å². The van der Waals surface area contributed by atoms with Gasteiger partial charge in [0.1, 0.15) is 23.0 Å². The van der Waals surface area contributed by atoms with Crippen LogP contribution in [0.1, 0.15) is 46.8 Å². The number of Topliss-reactive ketones (excluding diaryl/α,β-unsaturated/α-hetero) is 1. The van der Waals surface area contributed by atoms with E-state index in [2.05, 4.69) is 14.9 Å². The van der Waals surface area contributed by atoms with E-state index in [4.69, 9.17) is 4.74 Å². The molecule has 5 rings (SSSR count). The van der Waals surface area contributed by atoms with E-state index in [0.717, 1.165) is 22.9 Å². The van der Waals surface area contributed by atoms with Crippen LogP contribution in [0.3, 0.4) is 0 Å². The van der Waals surface area contributed by atoms with Crippen molar-refractivity contribution < 1.29 is 14.3 Å². The van der Waals surface area contributed by atoms with Gasteiger partial charge in [0, 0.05) is 43.4 Å². The average Bonchev–Trinajstić information content (AvgIpc) is 2.83. The zero-order chi connectivity index (χ0) is 23.9. The number of aromatic nitrogens is 2. The number of hydrogen-bond donors (Lipinski definition) is 0. The normalized spacial score (nSPS) is 17.2. The van der Waals surface area contributed by atoms with E-state index in [0.29, 0.717) is 49.5 Å². The molecule has 0 atom stereocenters. The topological polar surface area (TPSA) is 75.6 Å². The van der Waals surface area contributed by atoms with Crippen LogP contribution in [0.2, 0.25) is 0 Å². The molecule has 174 valence electrons. The summed E-state index contributed by atoms with van der Waals surface area (Å²) in [6.07, 6.45) is 0.305. The lowest BCUT2D eigenvalue weighted by molar-refractivity contribution is 0.0619. The Bertz CT molecular complexity index is 1250. The van der Waals surface area contributed by atoms with Gasteiger partial charge in [-0.1, -0.05) is 30.3 Å². The number of aryl methyl sites for hydroxylation is 1. The van der Waals surface area contributed by atoms with Crippen LogP contribution in [0.4, 0.5) is 5.82 Å². The van der Waals surface area contributed by atoms with Gasteiger partial charge in [-0.3, -0.25) is 9.59 Å². The zero-order valence-corrected chi connectivity index (χ0v) is 19.7. The van der Waals surface area contributed by atoms with E-state index in [1.54, 1.807) is 18.2 Å². The van der Waals surface area contributed by atoms with Crippen molar-refractivity contribution in [2.24, 2.45) is 0 Å². The Balaban J connectivity index is 1.29. The van der Waals surface area contributed by atoms with Gasteiger partial charge in [-0.25, -0.2) is 9.97 Å². The van der Waals surface area contributed by atoms with Crippen LogP contribution in [-0.4, -0.2) is 58.3 Å². The minimum Gasteiger partial charge on any atom is -0.487 e. The highest BCUT2D eigenvalue weighted by Gasteiger charge is 2.33. The second-order valence-electron chi connectivity index (χ2n) is 9.48. The quantitative estimate of drug-likeness (QED) is 0.589. The molecule has 0 N–H and O–H groups in total. The van der Waals surface area contributed by atoms with Crippen molar-refractivity contribution in [3.63, 3.8) is 0 Å². The molecule has 3 heterocycles. The van der Waals surface area contributed by atoms with Crippen molar-refractivity contribution in [1.29, 1.82) is 0 Å². The van der Waals surface area contributed by atoms with Gasteiger partial charge < -0.3 is 14.5 Å². The lowest BCUT2D eigenvalue weighted by Crippen LogP contribution is -2.49. The molecule has 0 bridgehead atoms. The van der Waals surface area contributed by atoms with E-state index in [9.17, 15) is 9.59 Å². The predicted octanol–water partition coefficient (Wildman–Crippen LogP) is 4.16. The summed E-state index contributed by atoms with van der Waals surface area (Å²) in [6.45, 7) is 8.21. The maximum atomic E-state index is 13.2. The molecule has 7 nitrogen and oxygen atoms in total.